The van der Waals surface area contributed by atoms with E-state index in [4.69, 9.17) is 5.11 Å². The minimum atomic E-state index is -4.43. The zero-order valence-corrected chi connectivity index (χ0v) is 10.4. The lowest BCUT2D eigenvalue weighted by molar-refractivity contribution is -0.141. The van der Waals surface area contributed by atoms with Crippen molar-refractivity contribution in [3.8, 4) is 11.8 Å². The lowest BCUT2D eigenvalue weighted by Gasteiger charge is -2.04. The summed E-state index contributed by atoms with van der Waals surface area (Å²) >= 11 is 0. The molecule has 0 bridgehead atoms. The van der Waals surface area contributed by atoms with E-state index < -0.39 is 11.9 Å². The van der Waals surface area contributed by atoms with Crippen LogP contribution in [0, 0.1) is 11.8 Å². The van der Waals surface area contributed by atoms with Gasteiger partial charge in [-0.15, -0.1) is 0 Å². The second kappa shape index (κ2) is 5.80. The first kappa shape index (κ1) is 14.2. The molecule has 2 rings (SSSR count). The molecule has 1 aromatic heterocycles. The predicted octanol–water partition coefficient (Wildman–Crippen LogP) is 2.29. The summed E-state index contributed by atoms with van der Waals surface area (Å²) in [7, 11) is 0. The molecule has 6 heteroatoms. The zero-order valence-electron chi connectivity index (χ0n) is 10.4. The molecule has 0 fully saturated rings. The number of hydrogen-bond acceptors (Lipinski definition) is 2. The second-order valence-electron chi connectivity index (χ2n) is 4.06. The summed E-state index contributed by atoms with van der Waals surface area (Å²) < 4.78 is 38.5. The number of rotatable bonds is 2. The number of halogens is 3. The van der Waals surface area contributed by atoms with Gasteiger partial charge in [0.2, 0.25) is 0 Å². The van der Waals surface area contributed by atoms with E-state index >= 15 is 0 Å². The first-order valence-corrected chi connectivity index (χ1v) is 5.78. The molecule has 0 unspecified atom stereocenters. The molecule has 0 radical (unpaired) electrons. The van der Waals surface area contributed by atoms with Gasteiger partial charge < -0.3 is 5.11 Å². The monoisotopic (exact) mass is 280 g/mol. The van der Waals surface area contributed by atoms with Crippen LogP contribution >= 0.6 is 0 Å². The van der Waals surface area contributed by atoms with Gasteiger partial charge in [0.1, 0.15) is 6.61 Å². The fourth-order valence-corrected chi connectivity index (χ4v) is 1.68. The predicted molar refractivity (Wildman–Crippen MR) is 66.7 cm³/mol. The Morgan fingerprint density at radius 2 is 2.05 bits per heavy atom. The highest BCUT2D eigenvalue weighted by Gasteiger charge is 2.33. The highest BCUT2D eigenvalue weighted by molar-refractivity contribution is 5.37. The lowest BCUT2D eigenvalue weighted by atomic mass is 10.1. The van der Waals surface area contributed by atoms with Crippen LogP contribution in [0.25, 0.3) is 0 Å². The minimum absolute atomic E-state index is 0.227. The van der Waals surface area contributed by atoms with Gasteiger partial charge in [0.15, 0.2) is 5.69 Å². The number of aliphatic hydroxyl groups is 1. The molecule has 104 valence electrons. The molecule has 0 spiro atoms. The molecule has 3 nitrogen and oxygen atoms in total. The molecular formula is C14H11F3N2O. The summed E-state index contributed by atoms with van der Waals surface area (Å²) in [4.78, 5) is 0. The standard InChI is InChI=1S/C14H11F3N2O/c15-14(16,17)13-6-7-19(18-13)10-12-4-1-3-11(9-12)5-2-8-20/h1,3-4,6-7,9,20H,8,10H2. The van der Waals surface area contributed by atoms with E-state index in [-0.39, 0.29) is 13.2 Å². The quantitative estimate of drug-likeness (QED) is 0.857. The summed E-state index contributed by atoms with van der Waals surface area (Å²) in [5.41, 5.74) is 0.569. The van der Waals surface area contributed by atoms with Gasteiger partial charge in [-0.3, -0.25) is 4.68 Å². The van der Waals surface area contributed by atoms with Crippen molar-refractivity contribution in [3.05, 3.63) is 53.3 Å². The summed E-state index contributed by atoms with van der Waals surface area (Å²) in [5.74, 6) is 5.25. The maximum Gasteiger partial charge on any atom is 0.435 e. The SMILES string of the molecule is OCC#Cc1cccc(Cn2ccc(C(F)(F)F)n2)c1. The van der Waals surface area contributed by atoms with Gasteiger partial charge in [0, 0.05) is 11.8 Å². The molecule has 0 saturated carbocycles. The third-order valence-electron chi connectivity index (χ3n) is 2.51. The number of aromatic nitrogens is 2. The van der Waals surface area contributed by atoms with Gasteiger partial charge in [0.25, 0.3) is 0 Å². The van der Waals surface area contributed by atoms with Crippen molar-refractivity contribution in [2.75, 3.05) is 6.61 Å². The van der Waals surface area contributed by atoms with Gasteiger partial charge >= 0.3 is 6.18 Å². The molecule has 2 aromatic rings. The van der Waals surface area contributed by atoms with Crippen LogP contribution in [0.15, 0.2) is 36.5 Å². The molecule has 1 N–H and O–H groups in total. The highest BCUT2D eigenvalue weighted by atomic mass is 19.4. The largest absolute Gasteiger partial charge is 0.435 e. The Kier molecular flexibility index (Phi) is 4.11. The van der Waals surface area contributed by atoms with Crippen LogP contribution in [0.5, 0.6) is 0 Å². The fraction of sp³-hybridized carbons (Fsp3) is 0.214. The molecule has 20 heavy (non-hydrogen) atoms. The summed E-state index contributed by atoms with van der Waals surface area (Å²) in [6.45, 7) is -0.0109. The van der Waals surface area contributed by atoms with Crippen LogP contribution in [0.4, 0.5) is 13.2 Å². The molecule has 0 aliphatic carbocycles. The summed E-state index contributed by atoms with van der Waals surface area (Å²) in [5, 5.41) is 12.1. The van der Waals surface area contributed by atoms with Crippen LogP contribution < -0.4 is 0 Å². The Morgan fingerprint density at radius 1 is 1.25 bits per heavy atom. The van der Waals surface area contributed by atoms with Gasteiger partial charge in [-0.1, -0.05) is 24.0 Å². The normalized spacial score (nSPS) is 11.0. The number of nitrogens with zero attached hydrogens (tertiary/aromatic N) is 2. The van der Waals surface area contributed by atoms with Crippen molar-refractivity contribution in [3.63, 3.8) is 0 Å². The average molecular weight is 280 g/mol. The van der Waals surface area contributed by atoms with E-state index in [0.29, 0.717) is 5.56 Å². The first-order valence-electron chi connectivity index (χ1n) is 5.78. The lowest BCUT2D eigenvalue weighted by Crippen LogP contribution is -2.08. The van der Waals surface area contributed by atoms with Crippen molar-refractivity contribution in [2.45, 2.75) is 12.7 Å². The molecule has 0 saturated heterocycles. The molecular weight excluding hydrogens is 269 g/mol. The van der Waals surface area contributed by atoms with Gasteiger partial charge in [-0.2, -0.15) is 18.3 Å². The van der Waals surface area contributed by atoms with Crippen molar-refractivity contribution in [1.29, 1.82) is 0 Å². The number of alkyl halides is 3. The first-order chi connectivity index (χ1) is 9.49. The van der Waals surface area contributed by atoms with E-state index in [1.807, 2.05) is 0 Å². The van der Waals surface area contributed by atoms with E-state index in [2.05, 4.69) is 16.9 Å². The highest BCUT2D eigenvalue weighted by Crippen LogP contribution is 2.27. The van der Waals surface area contributed by atoms with E-state index in [1.165, 1.54) is 10.9 Å². The Balaban J connectivity index is 2.16. The van der Waals surface area contributed by atoms with Gasteiger partial charge in [-0.05, 0) is 23.8 Å². The van der Waals surface area contributed by atoms with Crippen molar-refractivity contribution >= 4 is 0 Å². The van der Waals surface area contributed by atoms with E-state index in [0.717, 1.165) is 11.6 Å². The average Bonchev–Trinajstić information content (AvgIpc) is 2.85. The minimum Gasteiger partial charge on any atom is -0.384 e. The van der Waals surface area contributed by atoms with Crippen LogP contribution in [0.3, 0.4) is 0 Å². The van der Waals surface area contributed by atoms with Crippen LogP contribution in [-0.2, 0) is 12.7 Å². The Hall–Kier alpha value is -2.26. The molecule has 0 aliphatic rings. The third kappa shape index (κ3) is 3.62. The molecule has 1 aromatic carbocycles. The van der Waals surface area contributed by atoms with Crippen LogP contribution in [-0.4, -0.2) is 21.5 Å². The Morgan fingerprint density at radius 3 is 2.70 bits per heavy atom. The zero-order chi connectivity index (χ0) is 14.6. The molecule has 0 aliphatic heterocycles. The van der Waals surface area contributed by atoms with Gasteiger partial charge in [-0.25, -0.2) is 0 Å². The van der Waals surface area contributed by atoms with E-state index in [9.17, 15) is 13.2 Å². The fourth-order valence-electron chi connectivity index (χ4n) is 1.68. The van der Waals surface area contributed by atoms with Crippen LogP contribution in [0.1, 0.15) is 16.8 Å². The number of benzene rings is 1. The Bertz CT molecular complexity index is 650. The van der Waals surface area contributed by atoms with Crippen molar-refractivity contribution < 1.29 is 18.3 Å². The summed E-state index contributed by atoms with van der Waals surface area (Å²) in [6.07, 6.45) is -3.14. The van der Waals surface area contributed by atoms with Crippen LogP contribution in [0.2, 0.25) is 0 Å². The molecule has 0 amide bonds. The van der Waals surface area contributed by atoms with Crippen molar-refractivity contribution in [1.82, 2.24) is 9.78 Å². The summed E-state index contributed by atoms with van der Waals surface area (Å²) in [6, 6.07) is 7.98. The molecule has 0 atom stereocenters. The number of aliphatic hydroxyl groups excluding tert-OH is 1. The van der Waals surface area contributed by atoms with E-state index in [1.54, 1.807) is 24.3 Å². The van der Waals surface area contributed by atoms with Gasteiger partial charge in [0.05, 0.1) is 6.54 Å². The second-order valence-corrected chi connectivity index (χ2v) is 4.06. The number of hydrogen-bond donors (Lipinski definition) is 1. The maximum atomic E-state index is 12.4. The Labute approximate surface area is 113 Å². The third-order valence-corrected chi connectivity index (χ3v) is 2.51. The van der Waals surface area contributed by atoms with Crippen molar-refractivity contribution in [2.24, 2.45) is 0 Å². The topological polar surface area (TPSA) is 38.0 Å². The maximum absolute atomic E-state index is 12.4. The molecule has 1 heterocycles. The smallest absolute Gasteiger partial charge is 0.384 e.